The molecule has 0 bridgehead atoms. The van der Waals surface area contributed by atoms with Gasteiger partial charge in [0.2, 0.25) is 5.78 Å². The van der Waals surface area contributed by atoms with E-state index in [9.17, 15) is 26.8 Å². The van der Waals surface area contributed by atoms with Gasteiger partial charge in [-0.25, -0.2) is 22.0 Å². The molecule has 0 N–H and O–H groups in total. The van der Waals surface area contributed by atoms with Crippen LogP contribution in [-0.4, -0.2) is 39.9 Å². The fraction of sp³-hybridized carbons (Fsp3) is 0.182. The Balaban J connectivity index is 1.55. The van der Waals surface area contributed by atoms with E-state index in [2.05, 4.69) is 0 Å². The maximum Gasteiger partial charge on any atom is 0.344 e. The number of carbonyl (C=O) groups is 2. The number of sulfonamides is 1. The molecule has 7 nitrogen and oxygen atoms in total. The zero-order valence-electron chi connectivity index (χ0n) is 17.5. The third-order valence-corrected chi connectivity index (χ3v) is 7.71. The molecule has 1 unspecified atom stereocenters. The first-order chi connectivity index (χ1) is 15.6. The van der Waals surface area contributed by atoms with Gasteiger partial charge >= 0.3 is 5.97 Å². The van der Waals surface area contributed by atoms with Gasteiger partial charge in [-0.3, -0.25) is 9.10 Å². The van der Waals surface area contributed by atoms with E-state index < -0.39 is 46.1 Å². The average Bonchev–Trinajstić information content (AvgIpc) is 3.35. The van der Waals surface area contributed by atoms with Crippen LogP contribution < -0.4 is 9.04 Å². The summed E-state index contributed by atoms with van der Waals surface area (Å²) in [4.78, 5) is 24.2. The number of anilines is 1. The molecular weight excluding hydrogens is 476 g/mol. The molecule has 174 valence electrons. The summed E-state index contributed by atoms with van der Waals surface area (Å²) < 4.78 is 63.1. The molecule has 33 heavy (non-hydrogen) atoms. The van der Waals surface area contributed by atoms with Crippen LogP contribution in [0, 0.1) is 11.6 Å². The monoisotopic (exact) mass is 495 g/mol. The number of thiophene rings is 1. The van der Waals surface area contributed by atoms with Crippen LogP contribution in [-0.2, 0) is 19.6 Å². The largest absolute Gasteiger partial charge is 0.482 e. The molecule has 0 spiro atoms. The normalized spacial score (nSPS) is 12.1. The molecule has 1 atom stereocenters. The van der Waals surface area contributed by atoms with Crippen LogP contribution in [0.1, 0.15) is 17.3 Å². The Hall–Kier alpha value is -3.31. The minimum atomic E-state index is -3.68. The van der Waals surface area contributed by atoms with Crippen LogP contribution >= 0.6 is 11.3 Å². The van der Waals surface area contributed by atoms with Gasteiger partial charge in [-0.15, -0.1) is 11.3 Å². The molecule has 3 aromatic rings. The number of ether oxygens (including phenoxy) is 2. The van der Waals surface area contributed by atoms with Crippen molar-refractivity contribution in [1.82, 2.24) is 0 Å². The Labute approximate surface area is 193 Å². The lowest BCUT2D eigenvalue weighted by molar-refractivity contribution is -0.148. The molecule has 0 saturated heterocycles. The Kier molecular flexibility index (Phi) is 7.44. The highest BCUT2D eigenvalue weighted by Crippen LogP contribution is 2.26. The molecule has 0 saturated carbocycles. The standard InChI is InChI=1S/C22H19F2NO6S2/c1-14(22(27)15-5-10-18(23)19(24)12-15)31-20(26)13-30-17-8-6-16(7-9-17)25(2)33(28,29)21-4-3-11-32-21/h3-12,14H,13H2,1-2H3. The lowest BCUT2D eigenvalue weighted by Crippen LogP contribution is -2.27. The van der Waals surface area contributed by atoms with Gasteiger partial charge in [0, 0.05) is 12.6 Å². The van der Waals surface area contributed by atoms with Crippen LogP contribution in [0.3, 0.4) is 0 Å². The first-order valence-corrected chi connectivity index (χ1v) is 11.9. The van der Waals surface area contributed by atoms with E-state index in [0.29, 0.717) is 5.69 Å². The molecule has 2 aromatic carbocycles. The minimum absolute atomic E-state index is 0.132. The Morgan fingerprint density at radius 1 is 1.06 bits per heavy atom. The second-order valence-electron chi connectivity index (χ2n) is 6.81. The predicted molar refractivity (Wildman–Crippen MR) is 118 cm³/mol. The van der Waals surface area contributed by atoms with Gasteiger partial charge in [-0.1, -0.05) is 6.07 Å². The number of benzene rings is 2. The van der Waals surface area contributed by atoms with Crippen molar-refractivity contribution in [2.24, 2.45) is 0 Å². The van der Waals surface area contributed by atoms with Crippen LogP contribution in [0.25, 0.3) is 0 Å². The SMILES string of the molecule is CC(OC(=O)COc1ccc(N(C)S(=O)(=O)c2cccs2)cc1)C(=O)c1ccc(F)c(F)c1. The zero-order valence-corrected chi connectivity index (χ0v) is 19.2. The minimum Gasteiger partial charge on any atom is -0.482 e. The molecule has 0 aliphatic carbocycles. The number of Topliss-reactive ketones (excluding diaryl/α,β-unsaturated/α-hetero) is 1. The number of hydrogen-bond donors (Lipinski definition) is 0. The summed E-state index contributed by atoms with van der Waals surface area (Å²) in [6.07, 6.45) is -1.23. The van der Waals surface area contributed by atoms with Crippen molar-refractivity contribution in [2.45, 2.75) is 17.2 Å². The predicted octanol–water partition coefficient (Wildman–Crippen LogP) is 4.04. The molecule has 3 rings (SSSR count). The van der Waals surface area contributed by atoms with E-state index in [-0.39, 0.29) is 15.5 Å². The molecule has 0 fully saturated rings. The topological polar surface area (TPSA) is 90.0 Å². The second-order valence-corrected chi connectivity index (χ2v) is 9.96. The molecular formula is C22H19F2NO6S2. The van der Waals surface area contributed by atoms with Gasteiger partial charge in [0.15, 0.2) is 24.3 Å². The maximum absolute atomic E-state index is 13.3. The number of halogens is 2. The van der Waals surface area contributed by atoms with Gasteiger partial charge in [0.1, 0.15) is 9.96 Å². The first kappa shape index (κ1) is 24.3. The molecule has 1 heterocycles. The summed E-state index contributed by atoms with van der Waals surface area (Å²) in [5.41, 5.74) is 0.261. The molecule has 0 radical (unpaired) electrons. The molecule has 0 aliphatic heterocycles. The van der Waals surface area contributed by atoms with Crippen molar-refractivity contribution >= 4 is 38.8 Å². The lowest BCUT2D eigenvalue weighted by Gasteiger charge is -2.18. The summed E-state index contributed by atoms with van der Waals surface area (Å²) in [5.74, 6) is -3.54. The van der Waals surface area contributed by atoms with Crippen LogP contribution in [0.2, 0.25) is 0 Å². The lowest BCUT2D eigenvalue weighted by atomic mass is 10.1. The van der Waals surface area contributed by atoms with Gasteiger partial charge < -0.3 is 9.47 Å². The van der Waals surface area contributed by atoms with Crippen molar-refractivity contribution < 1.29 is 36.3 Å². The van der Waals surface area contributed by atoms with Crippen molar-refractivity contribution in [3.05, 3.63) is 77.2 Å². The fourth-order valence-electron chi connectivity index (χ4n) is 2.75. The Bertz CT molecular complexity index is 1240. The van der Waals surface area contributed by atoms with Gasteiger partial charge in [-0.2, -0.15) is 0 Å². The summed E-state index contributed by atoms with van der Waals surface area (Å²) in [5, 5.41) is 1.67. The van der Waals surface area contributed by atoms with Crippen molar-refractivity contribution in [2.75, 3.05) is 18.0 Å². The van der Waals surface area contributed by atoms with E-state index in [0.717, 1.165) is 33.8 Å². The Morgan fingerprint density at radius 2 is 1.76 bits per heavy atom. The molecule has 0 aliphatic rings. The second kappa shape index (κ2) is 10.1. The van der Waals surface area contributed by atoms with E-state index in [4.69, 9.17) is 9.47 Å². The van der Waals surface area contributed by atoms with Crippen molar-refractivity contribution in [3.8, 4) is 5.75 Å². The smallest absolute Gasteiger partial charge is 0.344 e. The number of carbonyl (C=O) groups excluding carboxylic acids is 2. The summed E-state index contributed by atoms with van der Waals surface area (Å²) in [7, 11) is -2.25. The van der Waals surface area contributed by atoms with E-state index >= 15 is 0 Å². The van der Waals surface area contributed by atoms with Crippen molar-refractivity contribution in [1.29, 1.82) is 0 Å². The highest BCUT2D eigenvalue weighted by molar-refractivity contribution is 7.94. The van der Waals surface area contributed by atoms with Gasteiger partial charge in [0.25, 0.3) is 10.0 Å². The summed E-state index contributed by atoms with van der Waals surface area (Å²) >= 11 is 1.11. The van der Waals surface area contributed by atoms with E-state index in [1.165, 1.54) is 44.3 Å². The molecule has 1 aromatic heterocycles. The highest BCUT2D eigenvalue weighted by Gasteiger charge is 2.23. The number of esters is 1. The third kappa shape index (κ3) is 5.74. The van der Waals surface area contributed by atoms with Gasteiger partial charge in [0.05, 0.1) is 5.69 Å². The fourth-order valence-corrected chi connectivity index (χ4v) is 5.10. The van der Waals surface area contributed by atoms with Crippen LogP contribution in [0.15, 0.2) is 64.2 Å². The molecule has 11 heteroatoms. The van der Waals surface area contributed by atoms with Gasteiger partial charge in [-0.05, 0) is 60.8 Å². The number of ketones is 1. The number of rotatable bonds is 9. The quantitative estimate of drug-likeness (QED) is 0.329. The molecule has 0 amide bonds. The average molecular weight is 496 g/mol. The Morgan fingerprint density at radius 3 is 2.36 bits per heavy atom. The maximum atomic E-state index is 13.3. The van der Waals surface area contributed by atoms with Crippen molar-refractivity contribution in [3.63, 3.8) is 0 Å². The zero-order chi connectivity index (χ0) is 24.2. The third-order valence-electron chi connectivity index (χ3n) is 4.55. The summed E-state index contributed by atoms with van der Waals surface area (Å²) in [6.45, 7) is 0.790. The van der Waals surface area contributed by atoms with E-state index in [1.54, 1.807) is 11.4 Å². The number of hydrogen-bond acceptors (Lipinski definition) is 7. The number of nitrogens with zero attached hydrogens (tertiary/aromatic N) is 1. The first-order valence-electron chi connectivity index (χ1n) is 9.53. The van der Waals surface area contributed by atoms with Crippen LogP contribution in [0.5, 0.6) is 5.75 Å². The highest BCUT2D eigenvalue weighted by atomic mass is 32.2. The van der Waals surface area contributed by atoms with Crippen LogP contribution in [0.4, 0.5) is 14.5 Å². The summed E-state index contributed by atoms with van der Waals surface area (Å²) in [6, 6.07) is 11.8. The van der Waals surface area contributed by atoms with E-state index in [1.807, 2.05) is 0 Å².